The fraction of sp³-hybridized carbons (Fsp3) is 0.400. The molecule has 1 atom stereocenters. The Morgan fingerprint density at radius 1 is 1.60 bits per heavy atom. The molecule has 1 aliphatic heterocycles. The van der Waals surface area contributed by atoms with Crippen molar-refractivity contribution in [2.45, 2.75) is 19.5 Å². The van der Waals surface area contributed by atoms with Gasteiger partial charge in [0.15, 0.2) is 0 Å². The molecule has 0 bridgehead atoms. The molecule has 0 aliphatic carbocycles. The maximum absolute atomic E-state index is 11.7. The van der Waals surface area contributed by atoms with Gasteiger partial charge in [0.05, 0.1) is 12.8 Å². The van der Waals surface area contributed by atoms with Crippen molar-refractivity contribution in [3.05, 3.63) is 24.2 Å². The predicted octanol–water partition coefficient (Wildman–Crippen LogP) is 0.126. The first-order valence-electron chi connectivity index (χ1n) is 4.77. The van der Waals surface area contributed by atoms with Gasteiger partial charge in [-0.25, -0.2) is 0 Å². The number of rotatable bonds is 2. The van der Waals surface area contributed by atoms with Crippen LogP contribution in [-0.4, -0.2) is 29.3 Å². The molecule has 80 valence electrons. The van der Waals surface area contributed by atoms with Gasteiger partial charge in [0, 0.05) is 0 Å². The van der Waals surface area contributed by atoms with Gasteiger partial charge in [-0.15, -0.1) is 0 Å². The minimum Gasteiger partial charge on any atom is -0.467 e. The Bertz CT molecular complexity index is 372. The van der Waals surface area contributed by atoms with Crippen molar-refractivity contribution >= 4 is 11.8 Å². The summed E-state index contributed by atoms with van der Waals surface area (Å²) in [6, 6.07) is 3.10. The minimum absolute atomic E-state index is 0.0778. The highest BCUT2D eigenvalue weighted by atomic mass is 16.3. The van der Waals surface area contributed by atoms with Gasteiger partial charge in [-0.3, -0.25) is 9.59 Å². The SMILES string of the molecule is CC1NC(=O)CN(Cc2ccco2)C1=O. The van der Waals surface area contributed by atoms with Gasteiger partial charge >= 0.3 is 0 Å². The van der Waals surface area contributed by atoms with E-state index in [1.165, 1.54) is 4.90 Å². The molecule has 0 spiro atoms. The Kier molecular flexibility index (Phi) is 2.45. The highest BCUT2D eigenvalue weighted by Gasteiger charge is 2.29. The molecular weight excluding hydrogens is 196 g/mol. The van der Waals surface area contributed by atoms with Crippen molar-refractivity contribution in [3.63, 3.8) is 0 Å². The summed E-state index contributed by atoms with van der Waals surface area (Å²) in [5.74, 6) is 0.477. The van der Waals surface area contributed by atoms with E-state index < -0.39 is 6.04 Å². The third-order valence-electron chi connectivity index (χ3n) is 2.32. The highest BCUT2D eigenvalue weighted by Crippen LogP contribution is 2.09. The lowest BCUT2D eigenvalue weighted by Gasteiger charge is -2.29. The van der Waals surface area contributed by atoms with Crippen molar-refractivity contribution in [1.29, 1.82) is 0 Å². The summed E-state index contributed by atoms with van der Waals surface area (Å²) in [5.41, 5.74) is 0. The van der Waals surface area contributed by atoms with Gasteiger partial charge in [0.2, 0.25) is 11.8 Å². The zero-order chi connectivity index (χ0) is 10.8. The van der Waals surface area contributed by atoms with E-state index in [1.807, 2.05) is 0 Å². The van der Waals surface area contributed by atoms with Gasteiger partial charge < -0.3 is 14.6 Å². The average Bonchev–Trinajstić information content (AvgIpc) is 2.66. The number of nitrogens with zero attached hydrogens (tertiary/aromatic N) is 1. The highest BCUT2D eigenvalue weighted by molar-refractivity contribution is 5.94. The number of hydrogen-bond donors (Lipinski definition) is 1. The smallest absolute Gasteiger partial charge is 0.245 e. The summed E-state index contributed by atoms with van der Waals surface area (Å²) in [6.07, 6.45) is 1.55. The van der Waals surface area contributed by atoms with E-state index in [9.17, 15) is 9.59 Å². The number of nitrogens with one attached hydrogen (secondary N) is 1. The van der Waals surface area contributed by atoms with Crippen LogP contribution in [0.25, 0.3) is 0 Å². The number of furan rings is 1. The van der Waals surface area contributed by atoms with Crippen LogP contribution < -0.4 is 5.32 Å². The number of carbonyl (C=O) groups excluding carboxylic acids is 2. The Balaban J connectivity index is 2.07. The molecule has 2 rings (SSSR count). The lowest BCUT2D eigenvalue weighted by molar-refractivity contribution is -0.144. The molecule has 0 aromatic carbocycles. The molecule has 1 saturated heterocycles. The molecule has 0 saturated carbocycles. The second kappa shape index (κ2) is 3.76. The first-order valence-corrected chi connectivity index (χ1v) is 4.77. The van der Waals surface area contributed by atoms with E-state index in [2.05, 4.69) is 5.32 Å². The summed E-state index contributed by atoms with van der Waals surface area (Å²) in [5, 5.41) is 2.58. The van der Waals surface area contributed by atoms with E-state index in [-0.39, 0.29) is 18.4 Å². The second-order valence-corrected chi connectivity index (χ2v) is 3.56. The van der Waals surface area contributed by atoms with Crippen LogP contribution in [0, 0.1) is 0 Å². The molecule has 5 nitrogen and oxygen atoms in total. The van der Waals surface area contributed by atoms with Crippen LogP contribution in [0.2, 0.25) is 0 Å². The predicted molar refractivity (Wildman–Crippen MR) is 51.7 cm³/mol. The van der Waals surface area contributed by atoms with E-state index in [4.69, 9.17) is 4.42 Å². The molecule has 1 aromatic rings. The largest absolute Gasteiger partial charge is 0.467 e. The molecule has 2 amide bonds. The van der Waals surface area contributed by atoms with Crippen LogP contribution in [0.15, 0.2) is 22.8 Å². The first-order chi connectivity index (χ1) is 7.16. The van der Waals surface area contributed by atoms with Crippen LogP contribution in [0.1, 0.15) is 12.7 Å². The van der Waals surface area contributed by atoms with Gasteiger partial charge in [0.25, 0.3) is 0 Å². The summed E-state index contributed by atoms with van der Waals surface area (Å²) in [6.45, 7) is 2.13. The molecule has 0 radical (unpaired) electrons. The van der Waals surface area contributed by atoms with E-state index >= 15 is 0 Å². The van der Waals surface area contributed by atoms with Gasteiger partial charge in [-0.05, 0) is 19.1 Å². The molecule has 1 aliphatic rings. The molecule has 15 heavy (non-hydrogen) atoms. The summed E-state index contributed by atoms with van der Waals surface area (Å²) in [4.78, 5) is 24.4. The third kappa shape index (κ3) is 2.01. The minimum atomic E-state index is -0.443. The second-order valence-electron chi connectivity index (χ2n) is 3.56. The summed E-state index contributed by atoms with van der Waals surface area (Å²) >= 11 is 0. The Labute approximate surface area is 87.0 Å². The van der Waals surface area contributed by atoms with Crippen LogP contribution in [0.5, 0.6) is 0 Å². The number of hydrogen-bond acceptors (Lipinski definition) is 3. The van der Waals surface area contributed by atoms with Crippen LogP contribution in [-0.2, 0) is 16.1 Å². The van der Waals surface area contributed by atoms with Crippen LogP contribution >= 0.6 is 0 Å². The number of carbonyl (C=O) groups is 2. The summed E-state index contributed by atoms with van der Waals surface area (Å²) < 4.78 is 5.13. The fourth-order valence-corrected chi connectivity index (χ4v) is 1.60. The average molecular weight is 208 g/mol. The van der Waals surface area contributed by atoms with Gasteiger partial charge in [0.1, 0.15) is 18.3 Å². The van der Waals surface area contributed by atoms with E-state index in [0.29, 0.717) is 12.3 Å². The van der Waals surface area contributed by atoms with Crippen molar-refractivity contribution in [1.82, 2.24) is 10.2 Å². The van der Waals surface area contributed by atoms with Crippen LogP contribution in [0.4, 0.5) is 0 Å². The maximum atomic E-state index is 11.7. The zero-order valence-electron chi connectivity index (χ0n) is 8.40. The monoisotopic (exact) mass is 208 g/mol. The quantitative estimate of drug-likeness (QED) is 0.751. The molecule has 2 heterocycles. The number of amides is 2. The van der Waals surface area contributed by atoms with E-state index in [0.717, 1.165) is 0 Å². The summed E-state index contributed by atoms with van der Waals surface area (Å²) in [7, 11) is 0. The molecule has 1 N–H and O–H groups in total. The molecule has 1 aromatic heterocycles. The van der Waals surface area contributed by atoms with Crippen molar-refractivity contribution < 1.29 is 14.0 Å². The van der Waals surface area contributed by atoms with Crippen molar-refractivity contribution in [2.24, 2.45) is 0 Å². The fourth-order valence-electron chi connectivity index (χ4n) is 1.60. The van der Waals surface area contributed by atoms with Crippen molar-refractivity contribution in [2.75, 3.05) is 6.54 Å². The topological polar surface area (TPSA) is 62.6 Å². The third-order valence-corrected chi connectivity index (χ3v) is 2.32. The normalized spacial score (nSPS) is 21.7. The van der Waals surface area contributed by atoms with E-state index in [1.54, 1.807) is 25.3 Å². The molecule has 5 heteroatoms. The van der Waals surface area contributed by atoms with Gasteiger partial charge in [-0.1, -0.05) is 0 Å². The zero-order valence-corrected chi connectivity index (χ0v) is 8.40. The standard InChI is InChI=1S/C10H12N2O3/c1-7-10(14)12(6-9(13)11-7)5-8-3-2-4-15-8/h2-4,7H,5-6H2,1H3,(H,11,13). The number of piperazine rings is 1. The molecule has 1 fully saturated rings. The Morgan fingerprint density at radius 2 is 2.40 bits per heavy atom. The molecular formula is C10H12N2O3. The maximum Gasteiger partial charge on any atom is 0.245 e. The Morgan fingerprint density at radius 3 is 3.07 bits per heavy atom. The van der Waals surface area contributed by atoms with Gasteiger partial charge in [-0.2, -0.15) is 0 Å². The molecule has 1 unspecified atom stereocenters. The Hall–Kier alpha value is -1.78. The van der Waals surface area contributed by atoms with Crippen LogP contribution in [0.3, 0.4) is 0 Å². The lowest BCUT2D eigenvalue weighted by atomic mass is 10.2. The lowest BCUT2D eigenvalue weighted by Crippen LogP contribution is -2.56. The first kappa shape index (κ1) is 9.76. The van der Waals surface area contributed by atoms with Crippen molar-refractivity contribution in [3.8, 4) is 0 Å².